The number of H-pyrrole nitrogens is 2. The number of nitrogens with one attached hydrogen (secondary N) is 2. The Morgan fingerprint density at radius 1 is 1.27 bits per heavy atom. The molecule has 5 nitrogen and oxygen atoms in total. The van der Waals surface area contributed by atoms with Gasteiger partial charge in [-0.3, -0.25) is 9.69 Å². The summed E-state index contributed by atoms with van der Waals surface area (Å²) in [5, 5.41) is 0.945. The van der Waals surface area contributed by atoms with Crippen molar-refractivity contribution in [2.45, 2.75) is 39.2 Å². The van der Waals surface area contributed by atoms with Crippen LogP contribution in [0, 0.1) is 19.7 Å². The summed E-state index contributed by atoms with van der Waals surface area (Å²) in [6.07, 6.45) is 2.12. The number of aryl methyl sites for hydroxylation is 2. The predicted octanol–water partition coefficient (Wildman–Crippen LogP) is 3.39. The van der Waals surface area contributed by atoms with Gasteiger partial charge in [0.1, 0.15) is 11.6 Å². The van der Waals surface area contributed by atoms with E-state index in [2.05, 4.69) is 19.9 Å². The van der Waals surface area contributed by atoms with Crippen molar-refractivity contribution >= 4 is 10.9 Å². The van der Waals surface area contributed by atoms with Gasteiger partial charge in [0.2, 0.25) is 0 Å². The normalized spacial score (nSPS) is 18.5. The fraction of sp³-hybridized carbons (Fsp3) is 0.400. The van der Waals surface area contributed by atoms with Gasteiger partial charge in [-0.2, -0.15) is 0 Å². The number of halogens is 1. The molecule has 1 aromatic carbocycles. The van der Waals surface area contributed by atoms with Gasteiger partial charge in [0.25, 0.3) is 5.56 Å². The number of likely N-dealkylation sites (tertiary alicyclic amines) is 1. The van der Waals surface area contributed by atoms with Crippen molar-refractivity contribution in [1.82, 2.24) is 19.9 Å². The highest BCUT2D eigenvalue weighted by Gasteiger charge is 2.24. The molecule has 0 saturated carbocycles. The molecule has 0 spiro atoms. The Labute approximate surface area is 151 Å². The lowest BCUT2D eigenvalue weighted by molar-refractivity contribution is 0.196. The molecule has 1 aliphatic rings. The molecule has 1 saturated heterocycles. The number of hydrogen-bond donors (Lipinski definition) is 2. The summed E-state index contributed by atoms with van der Waals surface area (Å²) in [6, 6.07) is 6.49. The number of piperidine rings is 1. The van der Waals surface area contributed by atoms with Crippen LogP contribution < -0.4 is 5.56 Å². The molecule has 4 rings (SSSR count). The summed E-state index contributed by atoms with van der Waals surface area (Å²) in [6.45, 7) is 6.54. The Balaban J connectivity index is 1.55. The van der Waals surface area contributed by atoms with Crippen LogP contribution in [0.5, 0.6) is 0 Å². The van der Waals surface area contributed by atoms with Gasteiger partial charge in [0, 0.05) is 41.7 Å². The number of fused-ring (bicyclic) bond motifs is 1. The van der Waals surface area contributed by atoms with Gasteiger partial charge in [-0.1, -0.05) is 0 Å². The van der Waals surface area contributed by atoms with E-state index in [1.165, 1.54) is 6.07 Å². The average Bonchev–Trinajstić information content (AvgIpc) is 2.90. The van der Waals surface area contributed by atoms with Crippen molar-refractivity contribution in [1.29, 1.82) is 0 Å². The van der Waals surface area contributed by atoms with Gasteiger partial charge in [-0.05, 0) is 57.0 Å². The third-order valence-corrected chi connectivity index (χ3v) is 5.31. The van der Waals surface area contributed by atoms with E-state index in [0.29, 0.717) is 5.82 Å². The largest absolute Gasteiger partial charge is 0.357 e. The van der Waals surface area contributed by atoms with Gasteiger partial charge in [-0.25, -0.2) is 9.37 Å². The second-order valence-corrected chi connectivity index (χ2v) is 7.25. The van der Waals surface area contributed by atoms with Gasteiger partial charge in [-0.15, -0.1) is 0 Å². The van der Waals surface area contributed by atoms with Crippen molar-refractivity contribution in [3.05, 3.63) is 63.2 Å². The molecule has 0 amide bonds. The van der Waals surface area contributed by atoms with Crippen molar-refractivity contribution in [3.63, 3.8) is 0 Å². The Bertz CT molecular complexity index is 1010. The first-order chi connectivity index (χ1) is 12.5. The Kier molecular flexibility index (Phi) is 4.36. The number of rotatable bonds is 3. The van der Waals surface area contributed by atoms with Gasteiger partial charge < -0.3 is 9.97 Å². The maximum atomic E-state index is 13.5. The molecule has 0 unspecified atom stereocenters. The zero-order chi connectivity index (χ0) is 18.3. The molecule has 26 heavy (non-hydrogen) atoms. The lowest BCUT2D eigenvalue weighted by Gasteiger charge is -2.32. The first kappa shape index (κ1) is 17.0. The maximum absolute atomic E-state index is 13.5. The molecule has 0 radical (unpaired) electrons. The molecule has 2 aromatic heterocycles. The van der Waals surface area contributed by atoms with E-state index in [1.54, 1.807) is 18.2 Å². The second-order valence-electron chi connectivity index (χ2n) is 7.25. The highest BCUT2D eigenvalue weighted by Crippen LogP contribution is 2.28. The number of aromatic amines is 2. The minimum Gasteiger partial charge on any atom is -0.357 e. The first-order valence-electron chi connectivity index (χ1n) is 9.06. The van der Waals surface area contributed by atoms with Crippen molar-refractivity contribution in [2.75, 3.05) is 13.1 Å². The molecule has 6 heteroatoms. The van der Waals surface area contributed by atoms with Gasteiger partial charge in [0.15, 0.2) is 0 Å². The summed E-state index contributed by atoms with van der Waals surface area (Å²) >= 11 is 0. The zero-order valence-electron chi connectivity index (χ0n) is 15.1. The summed E-state index contributed by atoms with van der Waals surface area (Å²) in [4.78, 5) is 24.8. The molecule has 2 N–H and O–H groups in total. The lowest BCUT2D eigenvalue weighted by Crippen LogP contribution is -2.35. The van der Waals surface area contributed by atoms with Crippen LogP contribution in [0.4, 0.5) is 4.39 Å². The number of aromatic nitrogens is 3. The van der Waals surface area contributed by atoms with Crippen LogP contribution in [0.1, 0.15) is 41.5 Å². The van der Waals surface area contributed by atoms with Gasteiger partial charge >= 0.3 is 0 Å². The van der Waals surface area contributed by atoms with E-state index in [1.807, 2.05) is 13.8 Å². The second kappa shape index (κ2) is 6.68. The average molecular weight is 354 g/mol. The molecule has 0 aliphatic carbocycles. The first-order valence-corrected chi connectivity index (χ1v) is 9.06. The van der Waals surface area contributed by atoms with Crippen LogP contribution in [-0.2, 0) is 6.54 Å². The number of hydrogen-bond acceptors (Lipinski definition) is 3. The Hall–Kier alpha value is -2.47. The van der Waals surface area contributed by atoms with Crippen LogP contribution in [0.3, 0.4) is 0 Å². The number of benzene rings is 1. The van der Waals surface area contributed by atoms with Crippen molar-refractivity contribution < 1.29 is 4.39 Å². The molecule has 3 aromatic rings. The molecule has 1 aliphatic heterocycles. The third-order valence-electron chi connectivity index (χ3n) is 5.31. The lowest BCUT2D eigenvalue weighted by atomic mass is 9.94. The van der Waals surface area contributed by atoms with Crippen LogP contribution in [0.2, 0.25) is 0 Å². The molecular weight excluding hydrogens is 331 g/mol. The topological polar surface area (TPSA) is 64.8 Å². The SMILES string of the molecule is Cc1nc([C@@H]2CCCN(Cc3[nH]c4ccc(F)cc4c3C)C2)cc(=O)[nH]1. The van der Waals surface area contributed by atoms with Gasteiger partial charge in [0.05, 0.1) is 5.69 Å². The maximum Gasteiger partial charge on any atom is 0.251 e. The van der Waals surface area contributed by atoms with E-state index in [-0.39, 0.29) is 17.3 Å². The van der Waals surface area contributed by atoms with Crippen LogP contribution in [0.25, 0.3) is 10.9 Å². The van der Waals surface area contributed by atoms with Crippen molar-refractivity contribution in [3.8, 4) is 0 Å². The fourth-order valence-electron chi connectivity index (χ4n) is 3.99. The molecule has 0 bridgehead atoms. The van der Waals surface area contributed by atoms with Crippen LogP contribution in [-0.4, -0.2) is 32.9 Å². The van der Waals surface area contributed by atoms with E-state index >= 15 is 0 Å². The predicted molar refractivity (Wildman–Crippen MR) is 99.8 cm³/mol. The van der Waals surface area contributed by atoms with Crippen LogP contribution in [0.15, 0.2) is 29.1 Å². The van der Waals surface area contributed by atoms with E-state index < -0.39 is 0 Å². The minimum atomic E-state index is -0.208. The smallest absolute Gasteiger partial charge is 0.251 e. The summed E-state index contributed by atoms with van der Waals surface area (Å²) < 4.78 is 13.5. The molecule has 3 heterocycles. The molecule has 136 valence electrons. The third kappa shape index (κ3) is 3.29. The zero-order valence-corrected chi connectivity index (χ0v) is 15.1. The van der Waals surface area contributed by atoms with Crippen LogP contribution >= 0.6 is 0 Å². The molecular formula is C20H23FN4O. The summed E-state index contributed by atoms with van der Waals surface area (Å²) in [5.74, 6) is 0.727. The standard InChI is InChI=1S/C20H23FN4O/c1-12-16-8-15(21)5-6-17(16)24-19(12)11-25-7-3-4-14(10-25)18-9-20(26)23-13(2)22-18/h5-6,8-9,14,24H,3-4,7,10-11H2,1-2H3,(H,22,23,26)/t14-/m1/s1. The molecule has 1 fully saturated rings. The molecule has 1 atom stereocenters. The van der Waals surface area contributed by atoms with E-state index in [0.717, 1.165) is 60.3 Å². The van der Waals surface area contributed by atoms with E-state index in [9.17, 15) is 9.18 Å². The quantitative estimate of drug-likeness (QED) is 0.758. The number of nitrogens with zero attached hydrogens (tertiary/aromatic N) is 2. The van der Waals surface area contributed by atoms with Crippen molar-refractivity contribution in [2.24, 2.45) is 0 Å². The highest BCUT2D eigenvalue weighted by molar-refractivity contribution is 5.84. The highest BCUT2D eigenvalue weighted by atomic mass is 19.1. The summed E-state index contributed by atoms with van der Waals surface area (Å²) in [7, 11) is 0. The fourth-order valence-corrected chi connectivity index (χ4v) is 3.99. The summed E-state index contributed by atoms with van der Waals surface area (Å²) in [5.41, 5.74) is 4.00. The Morgan fingerprint density at radius 2 is 2.12 bits per heavy atom. The minimum absolute atomic E-state index is 0.0851. The van der Waals surface area contributed by atoms with E-state index in [4.69, 9.17) is 0 Å². The Morgan fingerprint density at radius 3 is 2.92 bits per heavy atom. The monoisotopic (exact) mass is 354 g/mol.